The maximum atomic E-state index is 11.3. The molecule has 0 radical (unpaired) electrons. The van der Waals surface area contributed by atoms with Crippen LogP contribution < -0.4 is 11.1 Å². The molecule has 0 atom stereocenters. The molecule has 0 saturated heterocycles. The van der Waals surface area contributed by atoms with Crippen LogP contribution in [0.5, 0.6) is 0 Å². The Bertz CT molecular complexity index is 1060. The molecule has 0 spiro atoms. The highest BCUT2D eigenvalue weighted by Crippen LogP contribution is 2.26. The van der Waals surface area contributed by atoms with Crippen molar-refractivity contribution < 1.29 is 0 Å². The van der Waals surface area contributed by atoms with Crippen molar-refractivity contribution >= 4 is 70.5 Å². The number of nitrogens with zero attached hydrogens (tertiary/aromatic N) is 3. The first-order chi connectivity index (χ1) is 13.0. The zero-order valence-electron chi connectivity index (χ0n) is 13.4. The van der Waals surface area contributed by atoms with Crippen LogP contribution in [0.15, 0.2) is 81.9 Å². The Morgan fingerprint density at radius 2 is 1.44 bits per heavy atom. The molecular weight excluding hydrogens is 584 g/mol. The van der Waals surface area contributed by atoms with Gasteiger partial charge in [0.25, 0.3) is 11.1 Å². The van der Waals surface area contributed by atoms with E-state index in [0.717, 1.165) is 8.79 Å². The average molecular weight is 595 g/mol. The highest BCUT2D eigenvalue weighted by molar-refractivity contribution is 9.12. The lowest BCUT2D eigenvalue weighted by atomic mass is 10.5. The van der Waals surface area contributed by atoms with E-state index in [-0.39, 0.29) is 11.1 Å². The van der Waals surface area contributed by atoms with E-state index in [9.17, 15) is 9.59 Å². The van der Waals surface area contributed by atoms with Crippen LogP contribution in [0.2, 0.25) is 0 Å². The smallest absolute Gasteiger partial charge is 0.268 e. The molecule has 140 valence electrons. The van der Waals surface area contributed by atoms with Gasteiger partial charge < -0.3 is 0 Å². The maximum absolute atomic E-state index is 11.3. The Kier molecular flexibility index (Phi) is 9.28. The Labute approximate surface area is 187 Å². The van der Waals surface area contributed by atoms with Crippen LogP contribution in [0, 0.1) is 0 Å². The first-order valence-electron chi connectivity index (χ1n) is 7.16. The first kappa shape index (κ1) is 21.9. The molecular formula is C16H11Br3N4O2S2. The molecule has 0 aliphatic rings. The molecule has 0 saturated carbocycles. The van der Waals surface area contributed by atoms with E-state index in [1.54, 1.807) is 29.7 Å². The number of aromatic amines is 1. The van der Waals surface area contributed by atoms with Gasteiger partial charge >= 0.3 is 0 Å². The van der Waals surface area contributed by atoms with Gasteiger partial charge in [-0.25, -0.2) is 5.10 Å². The van der Waals surface area contributed by atoms with Crippen molar-refractivity contribution in [3.8, 4) is 5.00 Å². The van der Waals surface area contributed by atoms with Gasteiger partial charge in [0.2, 0.25) is 0 Å². The predicted octanol–water partition coefficient (Wildman–Crippen LogP) is 5.10. The quantitative estimate of drug-likeness (QED) is 0.333. The van der Waals surface area contributed by atoms with Crippen LogP contribution >= 0.6 is 70.5 Å². The summed E-state index contributed by atoms with van der Waals surface area (Å²) in [6.07, 6.45) is 3.11. The lowest BCUT2D eigenvalue weighted by molar-refractivity contribution is 0.820. The Balaban J connectivity index is 0.000000159. The van der Waals surface area contributed by atoms with Crippen LogP contribution in [-0.4, -0.2) is 20.0 Å². The Morgan fingerprint density at radius 1 is 0.815 bits per heavy atom. The Hall–Kier alpha value is -1.40. The SMILES string of the molecule is Brc1ccc(Br)s1.O=c1cccn[nH]1.O=c1cccnn1-c1ccc(Br)s1. The summed E-state index contributed by atoms with van der Waals surface area (Å²) in [4.78, 5) is 21.5. The van der Waals surface area contributed by atoms with Gasteiger partial charge in [0.15, 0.2) is 0 Å². The van der Waals surface area contributed by atoms with Crippen molar-refractivity contribution in [2.24, 2.45) is 0 Å². The third kappa shape index (κ3) is 8.01. The van der Waals surface area contributed by atoms with Crippen LogP contribution in [0.4, 0.5) is 0 Å². The van der Waals surface area contributed by atoms with Gasteiger partial charge in [0, 0.05) is 24.5 Å². The van der Waals surface area contributed by atoms with Gasteiger partial charge in [-0.2, -0.15) is 14.9 Å². The van der Waals surface area contributed by atoms with Crippen molar-refractivity contribution in [2.75, 3.05) is 0 Å². The van der Waals surface area contributed by atoms with Gasteiger partial charge in [-0.1, -0.05) is 0 Å². The number of hydrogen-bond acceptors (Lipinski definition) is 6. The zero-order chi connectivity index (χ0) is 19.6. The minimum atomic E-state index is -0.164. The third-order valence-corrected chi connectivity index (χ3v) is 6.37. The molecule has 0 aromatic carbocycles. The summed E-state index contributed by atoms with van der Waals surface area (Å²) in [5.74, 6) is 0. The number of hydrogen-bond donors (Lipinski definition) is 1. The summed E-state index contributed by atoms with van der Waals surface area (Å²) >= 11 is 13.1. The fourth-order valence-corrected chi connectivity index (χ4v) is 5.29. The van der Waals surface area contributed by atoms with Crippen LogP contribution in [0.1, 0.15) is 0 Å². The molecule has 0 aliphatic carbocycles. The highest BCUT2D eigenvalue weighted by Gasteiger charge is 2.01. The molecule has 0 fully saturated rings. The molecule has 0 amide bonds. The molecule has 27 heavy (non-hydrogen) atoms. The van der Waals surface area contributed by atoms with E-state index < -0.39 is 0 Å². The number of halogens is 3. The Morgan fingerprint density at radius 3 is 1.85 bits per heavy atom. The second kappa shape index (κ2) is 11.4. The largest absolute Gasteiger partial charge is 0.272 e. The monoisotopic (exact) mass is 592 g/mol. The molecule has 0 unspecified atom stereocenters. The lowest BCUT2D eigenvalue weighted by Crippen LogP contribution is -2.17. The standard InChI is InChI=1S/C8H5BrN2OS.C4H2Br2S.C4H4N2O/c9-6-3-4-8(13-6)11-7(12)2-1-5-10-11;5-3-1-2-4(6)7-3;7-4-2-1-3-5-6-4/h1-5H;1-2H;1-3H,(H,6,7). The van der Waals surface area contributed by atoms with E-state index in [1.807, 2.05) is 24.3 Å². The van der Waals surface area contributed by atoms with Gasteiger partial charge in [-0.15, -0.1) is 22.7 Å². The van der Waals surface area contributed by atoms with Crippen molar-refractivity contribution in [1.29, 1.82) is 0 Å². The van der Waals surface area contributed by atoms with Crippen LogP contribution in [0.25, 0.3) is 5.00 Å². The van der Waals surface area contributed by atoms with E-state index in [1.165, 1.54) is 41.9 Å². The van der Waals surface area contributed by atoms with Crippen molar-refractivity contribution in [1.82, 2.24) is 20.0 Å². The normalized spacial score (nSPS) is 9.59. The summed E-state index contributed by atoms with van der Waals surface area (Å²) in [7, 11) is 0. The second-order valence-electron chi connectivity index (χ2n) is 4.51. The molecule has 4 heterocycles. The minimum Gasteiger partial charge on any atom is -0.268 e. The molecule has 4 aromatic heterocycles. The lowest BCUT2D eigenvalue weighted by Gasteiger charge is -1.96. The van der Waals surface area contributed by atoms with Gasteiger partial charge in [-0.05, 0) is 84.2 Å². The molecule has 4 aromatic rings. The fourth-order valence-electron chi connectivity index (χ4n) is 1.55. The molecule has 4 rings (SSSR count). The van der Waals surface area contributed by atoms with Gasteiger partial charge in [0.1, 0.15) is 5.00 Å². The number of aromatic nitrogens is 4. The van der Waals surface area contributed by atoms with Crippen molar-refractivity contribution in [3.05, 3.63) is 93.0 Å². The number of rotatable bonds is 1. The first-order valence-corrected chi connectivity index (χ1v) is 11.2. The molecule has 0 bridgehead atoms. The number of H-pyrrole nitrogens is 1. The number of thiophene rings is 2. The maximum Gasteiger partial charge on any atom is 0.272 e. The van der Waals surface area contributed by atoms with Crippen molar-refractivity contribution in [2.45, 2.75) is 0 Å². The van der Waals surface area contributed by atoms with Gasteiger partial charge in [-0.3, -0.25) is 9.59 Å². The van der Waals surface area contributed by atoms with E-state index in [2.05, 4.69) is 63.1 Å². The highest BCUT2D eigenvalue weighted by atomic mass is 79.9. The van der Waals surface area contributed by atoms with Crippen LogP contribution in [-0.2, 0) is 0 Å². The van der Waals surface area contributed by atoms with Gasteiger partial charge in [0.05, 0.1) is 11.4 Å². The third-order valence-electron chi connectivity index (χ3n) is 2.61. The summed E-state index contributed by atoms with van der Waals surface area (Å²) in [6.45, 7) is 0. The van der Waals surface area contributed by atoms with Crippen molar-refractivity contribution in [3.63, 3.8) is 0 Å². The average Bonchev–Trinajstić information content (AvgIpc) is 3.25. The molecule has 11 heteroatoms. The fraction of sp³-hybridized carbons (Fsp3) is 0. The minimum absolute atomic E-state index is 0.114. The van der Waals surface area contributed by atoms with Crippen LogP contribution in [0.3, 0.4) is 0 Å². The topological polar surface area (TPSA) is 80.6 Å². The van der Waals surface area contributed by atoms with E-state index in [0.29, 0.717) is 0 Å². The molecule has 0 aliphatic heterocycles. The summed E-state index contributed by atoms with van der Waals surface area (Å²) in [5.41, 5.74) is -0.278. The zero-order valence-corrected chi connectivity index (χ0v) is 19.8. The summed E-state index contributed by atoms with van der Waals surface area (Å²) in [5, 5.41) is 10.4. The predicted molar refractivity (Wildman–Crippen MR) is 120 cm³/mol. The number of nitrogens with one attached hydrogen (secondary N) is 1. The van der Waals surface area contributed by atoms with E-state index >= 15 is 0 Å². The molecule has 6 nitrogen and oxygen atoms in total. The summed E-state index contributed by atoms with van der Waals surface area (Å²) in [6, 6.07) is 13.9. The molecule has 1 N–H and O–H groups in total. The van der Waals surface area contributed by atoms with E-state index in [4.69, 9.17) is 0 Å². The second-order valence-corrected chi connectivity index (χ2v) is 10.8. The summed E-state index contributed by atoms with van der Waals surface area (Å²) < 4.78 is 4.69.